The third-order valence-corrected chi connectivity index (χ3v) is 7.47. The van der Waals surface area contributed by atoms with E-state index in [-0.39, 0.29) is 36.6 Å². The summed E-state index contributed by atoms with van der Waals surface area (Å²) < 4.78 is 11.4. The Morgan fingerprint density at radius 2 is 1.71 bits per heavy atom. The first kappa shape index (κ1) is 32.2. The fourth-order valence-electron chi connectivity index (χ4n) is 4.72. The van der Waals surface area contributed by atoms with Crippen molar-refractivity contribution < 1.29 is 13.9 Å². The van der Waals surface area contributed by atoms with Crippen LogP contribution in [-0.4, -0.2) is 72.8 Å². The summed E-state index contributed by atoms with van der Waals surface area (Å²) in [5.74, 6) is 2.34. The molecule has 0 atom stereocenters. The third kappa shape index (κ3) is 8.02. The molecule has 3 aromatic rings. The first-order chi connectivity index (χ1) is 17.4. The molecule has 0 radical (unpaired) electrons. The highest BCUT2D eigenvalue weighted by Gasteiger charge is 2.23. The second-order valence-corrected chi connectivity index (χ2v) is 11.0. The number of aromatic nitrogens is 1. The Labute approximate surface area is 242 Å². The zero-order chi connectivity index (χ0) is 25.7. The highest BCUT2D eigenvalue weighted by molar-refractivity contribution is 7.99. The van der Waals surface area contributed by atoms with E-state index >= 15 is 0 Å². The van der Waals surface area contributed by atoms with Gasteiger partial charge in [-0.15, -0.1) is 24.8 Å². The topological polar surface area (TPSA) is 70.8 Å². The van der Waals surface area contributed by atoms with E-state index in [0.29, 0.717) is 12.5 Å². The van der Waals surface area contributed by atoms with Crippen molar-refractivity contribution in [1.29, 1.82) is 0 Å². The molecule has 4 rings (SSSR count). The Balaban J connectivity index is 0.00000253. The maximum atomic E-state index is 13.1. The van der Waals surface area contributed by atoms with Gasteiger partial charge in [0.1, 0.15) is 11.3 Å². The molecular weight excluding hydrogens is 543 g/mol. The highest BCUT2D eigenvalue weighted by atomic mass is 35.5. The van der Waals surface area contributed by atoms with Crippen LogP contribution >= 0.6 is 36.6 Å². The summed E-state index contributed by atoms with van der Waals surface area (Å²) >= 11 is 1.66. The number of hydrogen-bond acceptors (Lipinski definition) is 7. The molecule has 1 aliphatic heterocycles. The zero-order valence-electron chi connectivity index (χ0n) is 22.9. The molecule has 1 aromatic heterocycles. The molecule has 1 saturated heterocycles. The van der Waals surface area contributed by atoms with E-state index in [4.69, 9.17) is 9.15 Å². The van der Waals surface area contributed by atoms with Crippen LogP contribution in [0.25, 0.3) is 11.1 Å². The standard InChI is InChI=1S/C28H38N4O3S.2ClH/c1-19(2)21-10-11-24(34-5)26(20(3)4)27(21)30-25(33)18-32-14-12-31(13-15-32)16-17-36-28-29-22-8-6-7-9-23(22)35-28;;/h6-11,19-20H,12-18H2,1-5H3,(H,30,33);2*1H. The van der Waals surface area contributed by atoms with Crippen LogP contribution in [0.4, 0.5) is 5.69 Å². The van der Waals surface area contributed by atoms with E-state index in [1.54, 1.807) is 18.9 Å². The predicted octanol–water partition coefficient (Wildman–Crippen LogP) is 6.28. The van der Waals surface area contributed by atoms with Crippen molar-refractivity contribution in [2.24, 2.45) is 0 Å². The molecule has 210 valence electrons. The number of hydrogen-bond donors (Lipinski definition) is 1. The van der Waals surface area contributed by atoms with E-state index in [1.165, 1.54) is 0 Å². The van der Waals surface area contributed by atoms with Crippen molar-refractivity contribution in [3.63, 3.8) is 0 Å². The fraction of sp³-hybridized carbons (Fsp3) is 0.500. The van der Waals surface area contributed by atoms with Crippen LogP contribution in [0.1, 0.15) is 50.7 Å². The van der Waals surface area contributed by atoms with Gasteiger partial charge in [0, 0.05) is 44.0 Å². The monoisotopic (exact) mass is 582 g/mol. The van der Waals surface area contributed by atoms with Gasteiger partial charge in [0.25, 0.3) is 5.22 Å². The van der Waals surface area contributed by atoms with Crippen molar-refractivity contribution >= 4 is 59.3 Å². The maximum Gasteiger partial charge on any atom is 0.256 e. The summed E-state index contributed by atoms with van der Waals surface area (Å²) in [4.78, 5) is 22.3. The quantitative estimate of drug-likeness (QED) is 0.282. The van der Waals surface area contributed by atoms with Crippen LogP contribution in [0.5, 0.6) is 5.75 Å². The maximum absolute atomic E-state index is 13.1. The number of ether oxygens (including phenoxy) is 1. The summed E-state index contributed by atoms with van der Waals surface area (Å²) in [5.41, 5.74) is 4.87. The van der Waals surface area contributed by atoms with Crippen molar-refractivity contribution in [3.8, 4) is 5.75 Å². The first-order valence-electron chi connectivity index (χ1n) is 12.8. The minimum absolute atomic E-state index is 0. The fourth-order valence-corrected chi connectivity index (χ4v) is 5.55. The largest absolute Gasteiger partial charge is 0.496 e. The number of thioether (sulfide) groups is 1. The zero-order valence-corrected chi connectivity index (χ0v) is 25.3. The second-order valence-electron chi connectivity index (χ2n) is 9.92. The smallest absolute Gasteiger partial charge is 0.256 e. The molecule has 0 unspecified atom stereocenters. The molecule has 1 fully saturated rings. The van der Waals surface area contributed by atoms with Gasteiger partial charge in [-0.2, -0.15) is 0 Å². The van der Waals surface area contributed by atoms with E-state index in [2.05, 4.69) is 53.9 Å². The number of benzene rings is 2. The van der Waals surface area contributed by atoms with Crippen LogP contribution in [-0.2, 0) is 4.79 Å². The lowest BCUT2D eigenvalue weighted by molar-refractivity contribution is -0.117. The molecule has 7 nitrogen and oxygen atoms in total. The average molecular weight is 584 g/mol. The third-order valence-electron chi connectivity index (χ3n) is 6.66. The number of oxazole rings is 1. The van der Waals surface area contributed by atoms with E-state index in [9.17, 15) is 4.79 Å². The molecule has 2 aromatic carbocycles. The minimum Gasteiger partial charge on any atom is -0.496 e. The van der Waals surface area contributed by atoms with Crippen molar-refractivity contribution in [1.82, 2.24) is 14.8 Å². The summed E-state index contributed by atoms with van der Waals surface area (Å²) in [6.45, 7) is 13.6. The average Bonchev–Trinajstić information content (AvgIpc) is 3.27. The molecule has 10 heteroatoms. The number of para-hydroxylation sites is 2. The van der Waals surface area contributed by atoms with Crippen molar-refractivity contribution in [3.05, 3.63) is 47.5 Å². The lowest BCUT2D eigenvalue weighted by Gasteiger charge is -2.34. The van der Waals surface area contributed by atoms with Gasteiger partial charge in [-0.25, -0.2) is 4.98 Å². The van der Waals surface area contributed by atoms with Crippen LogP contribution < -0.4 is 10.1 Å². The van der Waals surface area contributed by atoms with Gasteiger partial charge >= 0.3 is 0 Å². The number of nitrogens with one attached hydrogen (secondary N) is 1. The van der Waals surface area contributed by atoms with Gasteiger partial charge < -0.3 is 14.5 Å². The Kier molecular flexibility index (Phi) is 12.7. The van der Waals surface area contributed by atoms with Gasteiger partial charge in [0.15, 0.2) is 5.58 Å². The van der Waals surface area contributed by atoms with E-state index in [0.717, 1.165) is 77.4 Å². The molecule has 0 bridgehead atoms. The lowest BCUT2D eigenvalue weighted by Crippen LogP contribution is -2.49. The van der Waals surface area contributed by atoms with Crippen LogP contribution in [0.15, 0.2) is 46.0 Å². The highest BCUT2D eigenvalue weighted by Crippen LogP contribution is 2.39. The molecule has 1 amide bonds. The molecule has 38 heavy (non-hydrogen) atoms. The number of anilines is 1. The van der Waals surface area contributed by atoms with Gasteiger partial charge in [0.05, 0.1) is 19.3 Å². The predicted molar refractivity (Wildman–Crippen MR) is 162 cm³/mol. The number of nitrogens with zero attached hydrogens (tertiary/aromatic N) is 3. The normalized spacial score (nSPS) is 14.4. The van der Waals surface area contributed by atoms with E-state index < -0.39 is 0 Å². The Morgan fingerprint density at radius 3 is 2.34 bits per heavy atom. The molecule has 2 heterocycles. The Bertz CT molecular complexity index is 1150. The number of fused-ring (bicyclic) bond motifs is 1. The second kappa shape index (κ2) is 15.0. The number of piperazine rings is 1. The molecule has 0 saturated carbocycles. The Hall–Kier alpha value is -1.97. The van der Waals surface area contributed by atoms with Gasteiger partial charge in [0.2, 0.25) is 5.91 Å². The van der Waals surface area contributed by atoms with E-state index in [1.807, 2.05) is 30.3 Å². The van der Waals surface area contributed by atoms with Crippen LogP contribution in [0, 0.1) is 0 Å². The summed E-state index contributed by atoms with van der Waals surface area (Å²) in [6, 6.07) is 11.9. The number of carbonyl (C=O) groups is 1. The van der Waals surface area contributed by atoms with Gasteiger partial charge in [-0.3, -0.25) is 14.6 Å². The van der Waals surface area contributed by atoms with Crippen LogP contribution in [0.3, 0.4) is 0 Å². The van der Waals surface area contributed by atoms with Crippen LogP contribution in [0.2, 0.25) is 0 Å². The van der Waals surface area contributed by atoms with Crippen molar-refractivity contribution in [2.45, 2.75) is 44.8 Å². The number of amides is 1. The molecule has 1 aliphatic rings. The number of halogens is 2. The summed E-state index contributed by atoms with van der Waals surface area (Å²) in [7, 11) is 1.69. The van der Waals surface area contributed by atoms with Crippen molar-refractivity contribution in [2.75, 3.05) is 57.4 Å². The molecule has 0 aliphatic carbocycles. The Morgan fingerprint density at radius 1 is 1.03 bits per heavy atom. The molecular formula is C28H40Cl2N4O3S. The van der Waals surface area contributed by atoms with Gasteiger partial charge in [-0.1, -0.05) is 57.7 Å². The molecule has 0 spiro atoms. The number of carbonyl (C=O) groups excluding carboxylic acids is 1. The first-order valence-corrected chi connectivity index (χ1v) is 13.8. The van der Waals surface area contributed by atoms with Gasteiger partial charge in [-0.05, 0) is 35.6 Å². The number of rotatable bonds is 10. The lowest BCUT2D eigenvalue weighted by atomic mass is 9.91. The number of methoxy groups -OCH3 is 1. The SMILES string of the molecule is COc1ccc(C(C)C)c(NC(=O)CN2CCN(CCSc3nc4ccccc4o3)CC2)c1C(C)C.Cl.Cl. The minimum atomic E-state index is 0. The summed E-state index contributed by atoms with van der Waals surface area (Å²) in [6.07, 6.45) is 0. The molecule has 1 N–H and O–H groups in total. The summed E-state index contributed by atoms with van der Waals surface area (Å²) in [5, 5.41) is 3.97.